The zero-order valence-corrected chi connectivity index (χ0v) is 10.3. The standard InChI is InChI=1S/C15H12O4/c1-18-15(17)12-6-11-10-5-3-2-4-9(10)8-19-14(11)7-13(12)16/h2-7,16H,8H2,1H3. The van der Waals surface area contributed by atoms with E-state index in [0.717, 1.165) is 16.7 Å². The molecule has 0 unspecified atom stereocenters. The van der Waals surface area contributed by atoms with Crippen LogP contribution in [-0.2, 0) is 11.3 Å². The second kappa shape index (κ2) is 4.31. The molecule has 0 radical (unpaired) electrons. The van der Waals surface area contributed by atoms with Crippen LogP contribution >= 0.6 is 0 Å². The number of aromatic hydroxyl groups is 1. The van der Waals surface area contributed by atoms with Crippen LogP contribution in [0.15, 0.2) is 36.4 Å². The summed E-state index contributed by atoms with van der Waals surface area (Å²) in [4.78, 5) is 11.6. The first-order valence-electron chi connectivity index (χ1n) is 5.87. The fourth-order valence-corrected chi connectivity index (χ4v) is 2.24. The number of ether oxygens (including phenoxy) is 2. The average molecular weight is 256 g/mol. The molecule has 2 aromatic carbocycles. The molecule has 3 rings (SSSR count). The van der Waals surface area contributed by atoms with Crippen LogP contribution in [-0.4, -0.2) is 18.2 Å². The van der Waals surface area contributed by atoms with E-state index in [2.05, 4.69) is 4.74 Å². The number of methoxy groups -OCH3 is 1. The number of fused-ring (bicyclic) bond motifs is 3. The molecule has 0 aliphatic carbocycles. The molecular weight excluding hydrogens is 244 g/mol. The maximum atomic E-state index is 11.6. The van der Waals surface area contributed by atoms with E-state index in [9.17, 15) is 9.90 Å². The highest BCUT2D eigenvalue weighted by Gasteiger charge is 2.22. The lowest BCUT2D eigenvalue weighted by atomic mass is 9.95. The third-order valence-electron chi connectivity index (χ3n) is 3.19. The molecule has 0 saturated carbocycles. The molecular formula is C15H12O4. The summed E-state index contributed by atoms with van der Waals surface area (Å²) in [6.07, 6.45) is 0. The summed E-state index contributed by atoms with van der Waals surface area (Å²) in [7, 11) is 1.28. The summed E-state index contributed by atoms with van der Waals surface area (Å²) in [5, 5.41) is 9.84. The van der Waals surface area contributed by atoms with Gasteiger partial charge >= 0.3 is 5.97 Å². The van der Waals surface area contributed by atoms with E-state index in [0.29, 0.717) is 12.4 Å². The summed E-state index contributed by atoms with van der Waals surface area (Å²) in [5.74, 6) is -0.128. The SMILES string of the molecule is COC(=O)c1cc2c(cc1O)OCc1ccccc1-2. The van der Waals surface area contributed by atoms with Gasteiger partial charge in [-0.3, -0.25) is 0 Å². The molecule has 1 aliphatic heterocycles. The Hall–Kier alpha value is -2.49. The highest BCUT2D eigenvalue weighted by Crippen LogP contribution is 2.41. The van der Waals surface area contributed by atoms with Gasteiger partial charge in [0.15, 0.2) is 0 Å². The summed E-state index contributed by atoms with van der Waals surface area (Å²) in [6, 6.07) is 10.9. The number of phenols is 1. The van der Waals surface area contributed by atoms with Crippen molar-refractivity contribution >= 4 is 5.97 Å². The van der Waals surface area contributed by atoms with Gasteiger partial charge in [-0.15, -0.1) is 0 Å². The van der Waals surface area contributed by atoms with Crippen molar-refractivity contribution < 1.29 is 19.4 Å². The van der Waals surface area contributed by atoms with Gasteiger partial charge in [0.1, 0.15) is 23.7 Å². The van der Waals surface area contributed by atoms with Crippen LogP contribution in [0.25, 0.3) is 11.1 Å². The first-order valence-corrected chi connectivity index (χ1v) is 5.87. The molecule has 19 heavy (non-hydrogen) atoms. The minimum atomic E-state index is -0.566. The molecule has 0 bridgehead atoms. The van der Waals surface area contributed by atoms with E-state index < -0.39 is 5.97 Å². The zero-order valence-electron chi connectivity index (χ0n) is 10.3. The topological polar surface area (TPSA) is 55.8 Å². The largest absolute Gasteiger partial charge is 0.507 e. The van der Waals surface area contributed by atoms with Gasteiger partial charge in [0, 0.05) is 11.6 Å². The predicted molar refractivity (Wildman–Crippen MR) is 69.2 cm³/mol. The van der Waals surface area contributed by atoms with Gasteiger partial charge in [0.05, 0.1) is 7.11 Å². The van der Waals surface area contributed by atoms with Crippen LogP contribution in [0.5, 0.6) is 11.5 Å². The van der Waals surface area contributed by atoms with Crippen molar-refractivity contribution in [1.82, 2.24) is 0 Å². The molecule has 2 aromatic rings. The molecule has 96 valence electrons. The van der Waals surface area contributed by atoms with Crippen molar-refractivity contribution in [3.63, 3.8) is 0 Å². The minimum absolute atomic E-state index is 0.134. The van der Waals surface area contributed by atoms with Crippen LogP contribution in [0.3, 0.4) is 0 Å². The Morgan fingerprint density at radius 3 is 2.84 bits per heavy atom. The number of hydrogen-bond acceptors (Lipinski definition) is 4. The Bertz CT molecular complexity index is 661. The van der Waals surface area contributed by atoms with Crippen LogP contribution in [0.2, 0.25) is 0 Å². The normalized spacial score (nSPS) is 12.1. The van der Waals surface area contributed by atoms with E-state index in [-0.39, 0.29) is 11.3 Å². The van der Waals surface area contributed by atoms with Gasteiger partial charge in [0.25, 0.3) is 0 Å². The fourth-order valence-electron chi connectivity index (χ4n) is 2.24. The zero-order chi connectivity index (χ0) is 13.4. The first-order chi connectivity index (χ1) is 9.20. The lowest BCUT2D eigenvalue weighted by Gasteiger charge is -2.21. The third-order valence-corrected chi connectivity index (χ3v) is 3.19. The molecule has 0 atom stereocenters. The highest BCUT2D eigenvalue weighted by atomic mass is 16.5. The summed E-state index contributed by atoms with van der Waals surface area (Å²) in [6.45, 7) is 0.459. The second-order valence-corrected chi connectivity index (χ2v) is 4.30. The quantitative estimate of drug-likeness (QED) is 0.797. The first kappa shape index (κ1) is 11.6. The Morgan fingerprint density at radius 2 is 2.05 bits per heavy atom. The average Bonchev–Trinajstić information content (AvgIpc) is 2.45. The molecule has 0 fully saturated rings. The van der Waals surface area contributed by atoms with Crippen LogP contribution in [0.4, 0.5) is 0 Å². The minimum Gasteiger partial charge on any atom is -0.507 e. The Morgan fingerprint density at radius 1 is 1.26 bits per heavy atom. The molecule has 0 spiro atoms. The molecule has 4 heteroatoms. The van der Waals surface area contributed by atoms with Gasteiger partial charge < -0.3 is 14.6 Å². The van der Waals surface area contributed by atoms with Crippen molar-refractivity contribution in [3.8, 4) is 22.6 Å². The summed E-state index contributed by atoms with van der Waals surface area (Å²) in [5.41, 5.74) is 2.99. The summed E-state index contributed by atoms with van der Waals surface area (Å²) >= 11 is 0. The van der Waals surface area contributed by atoms with Crippen molar-refractivity contribution in [2.24, 2.45) is 0 Å². The smallest absolute Gasteiger partial charge is 0.341 e. The highest BCUT2D eigenvalue weighted by molar-refractivity contribution is 5.95. The molecule has 1 N–H and O–H groups in total. The van der Waals surface area contributed by atoms with E-state index in [1.54, 1.807) is 6.07 Å². The van der Waals surface area contributed by atoms with Crippen LogP contribution in [0.1, 0.15) is 15.9 Å². The van der Waals surface area contributed by atoms with E-state index in [4.69, 9.17) is 4.74 Å². The number of phenolic OH excluding ortho intramolecular Hbond substituents is 1. The van der Waals surface area contributed by atoms with Crippen molar-refractivity contribution in [1.29, 1.82) is 0 Å². The Balaban J connectivity index is 2.21. The Labute approximate surface area is 110 Å². The number of esters is 1. The predicted octanol–water partition coefficient (Wildman–Crippen LogP) is 2.74. The van der Waals surface area contributed by atoms with Gasteiger partial charge in [-0.05, 0) is 17.2 Å². The second-order valence-electron chi connectivity index (χ2n) is 4.30. The van der Waals surface area contributed by atoms with Crippen LogP contribution in [0, 0.1) is 0 Å². The van der Waals surface area contributed by atoms with Crippen molar-refractivity contribution in [3.05, 3.63) is 47.5 Å². The molecule has 0 saturated heterocycles. The molecule has 1 heterocycles. The lowest BCUT2D eigenvalue weighted by molar-refractivity contribution is 0.0597. The number of rotatable bonds is 1. The van der Waals surface area contributed by atoms with Crippen molar-refractivity contribution in [2.45, 2.75) is 6.61 Å². The molecule has 0 aromatic heterocycles. The van der Waals surface area contributed by atoms with E-state index >= 15 is 0 Å². The molecule has 4 nitrogen and oxygen atoms in total. The van der Waals surface area contributed by atoms with E-state index in [1.165, 1.54) is 13.2 Å². The maximum absolute atomic E-state index is 11.6. The number of carbonyl (C=O) groups is 1. The summed E-state index contributed by atoms with van der Waals surface area (Å²) < 4.78 is 10.2. The van der Waals surface area contributed by atoms with Gasteiger partial charge in [-0.2, -0.15) is 0 Å². The Kier molecular flexibility index (Phi) is 2.63. The lowest BCUT2D eigenvalue weighted by Crippen LogP contribution is -2.08. The van der Waals surface area contributed by atoms with Gasteiger partial charge in [-0.1, -0.05) is 24.3 Å². The number of hydrogen-bond donors (Lipinski definition) is 1. The molecule has 1 aliphatic rings. The van der Waals surface area contributed by atoms with Gasteiger partial charge in [0.2, 0.25) is 0 Å². The number of carbonyl (C=O) groups excluding carboxylic acids is 1. The third kappa shape index (κ3) is 1.81. The van der Waals surface area contributed by atoms with Crippen LogP contribution < -0.4 is 4.74 Å². The number of benzene rings is 2. The van der Waals surface area contributed by atoms with Crippen molar-refractivity contribution in [2.75, 3.05) is 7.11 Å². The fraction of sp³-hybridized carbons (Fsp3) is 0.133. The van der Waals surface area contributed by atoms with E-state index in [1.807, 2.05) is 24.3 Å². The maximum Gasteiger partial charge on any atom is 0.341 e. The molecule has 0 amide bonds. The monoisotopic (exact) mass is 256 g/mol. The van der Waals surface area contributed by atoms with Gasteiger partial charge in [-0.25, -0.2) is 4.79 Å².